The van der Waals surface area contributed by atoms with E-state index in [-0.39, 0.29) is 0 Å². The van der Waals surface area contributed by atoms with Crippen LogP contribution in [-0.2, 0) is 4.74 Å². The van der Waals surface area contributed by atoms with E-state index in [0.717, 1.165) is 30.0 Å². The highest BCUT2D eigenvalue weighted by molar-refractivity contribution is 5.66. The van der Waals surface area contributed by atoms with E-state index in [4.69, 9.17) is 14.0 Å². The molecule has 2 aromatic heterocycles. The zero-order valence-electron chi connectivity index (χ0n) is 13.9. The average Bonchev–Trinajstić information content (AvgIpc) is 3.19. The van der Waals surface area contributed by atoms with Crippen LogP contribution in [-0.4, -0.2) is 48.5 Å². The third kappa shape index (κ3) is 3.18. The second-order valence-corrected chi connectivity index (χ2v) is 5.63. The lowest BCUT2D eigenvalue weighted by atomic mass is 10.2. The Morgan fingerprint density at radius 2 is 1.96 bits per heavy atom. The Kier molecular flexibility index (Phi) is 4.30. The molecule has 25 heavy (non-hydrogen) atoms. The van der Waals surface area contributed by atoms with Crippen molar-refractivity contribution in [3.05, 3.63) is 42.6 Å². The molecule has 1 aromatic carbocycles. The van der Waals surface area contributed by atoms with E-state index in [9.17, 15) is 0 Å². The first kappa shape index (κ1) is 15.6. The number of anilines is 1. The van der Waals surface area contributed by atoms with Crippen LogP contribution in [0.1, 0.15) is 0 Å². The summed E-state index contributed by atoms with van der Waals surface area (Å²) in [5, 5.41) is 4.11. The summed E-state index contributed by atoms with van der Waals surface area (Å²) < 4.78 is 16.2. The largest absolute Gasteiger partial charge is 0.496 e. The quantitative estimate of drug-likeness (QED) is 0.724. The van der Waals surface area contributed by atoms with Crippen molar-refractivity contribution >= 4 is 5.82 Å². The van der Waals surface area contributed by atoms with Crippen molar-refractivity contribution in [3.8, 4) is 28.6 Å². The Balaban J connectivity index is 1.64. The number of rotatable bonds is 4. The number of benzene rings is 1. The van der Waals surface area contributed by atoms with Gasteiger partial charge in [0.2, 0.25) is 5.82 Å². The van der Waals surface area contributed by atoms with Gasteiger partial charge in [0, 0.05) is 24.8 Å². The van der Waals surface area contributed by atoms with Gasteiger partial charge in [0.25, 0.3) is 5.89 Å². The number of morpholine rings is 1. The number of para-hydroxylation sites is 1. The fourth-order valence-electron chi connectivity index (χ4n) is 2.79. The summed E-state index contributed by atoms with van der Waals surface area (Å²) in [4.78, 5) is 11.2. The number of hydrogen-bond acceptors (Lipinski definition) is 7. The molecule has 0 saturated carbocycles. The fourth-order valence-corrected chi connectivity index (χ4v) is 2.79. The van der Waals surface area contributed by atoms with Crippen LogP contribution in [0.5, 0.6) is 5.75 Å². The second-order valence-electron chi connectivity index (χ2n) is 5.63. The van der Waals surface area contributed by atoms with Crippen molar-refractivity contribution in [2.75, 3.05) is 38.3 Å². The highest BCUT2D eigenvalue weighted by Gasteiger charge is 2.17. The summed E-state index contributed by atoms with van der Waals surface area (Å²) >= 11 is 0. The molecular formula is C18H18N4O3. The normalized spacial score (nSPS) is 14.5. The van der Waals surface area contributed by atoms with Gasteiger partial charge in [0.15, 0.2) is 0 Å². The first-order valence-corrected chi connectivity index (χ1v) is 8.11. The highest BCUT2D eigenvalue weighted by atomic mass is 16.5. The predicted molar refractivity (Wildman–Crippen MR) is 92.5 cm³/mol. The third-order valence-corrected chi connectivity index (χ3v) is 4.10. The summed E-state index contributed by atoms with van der Waals surface area (Å²) in [5.74, 6) is 2.54. The van der Waals surface area contributed by atoms with Crippen LogP contribution in [0.4, 0.5) is 5.82 Å². The molecule has 4 rings (SSSR count). The lowest BCUT2D eigenvalue weighted by Gasteiger charge is -2.27. The Morgan fingerprint density at radius 1 is 1.12 bits per heavy atom. The Morgan fingerprint density at radius 3 is 2.80 bits per heavy atom. The van der Waals surface area contributed by atoms with Crippen LogP contribution in [0.15, 0.2) is 47.1 Å². The van der Waals surface area contributed by atoms with Crippen LogP contribution in [0.2, 0.25) is 0 Å². The average molecular weight is 338 g/mol. The zero-order chi connectivity index (χ0) is 17.1. The molecule has 1 saturated heterocycles. The Labute approximate surface area is 145 Å². The molecule has 0 unspecified atom stereocenters. The van der Waals surface area contributed by atoms with Gasteiger partial charge in [-0.05, 0) is 24.3 Å². The Bertz CT molecular complexity index is 859. The lowest BCUT2D eigenvalue weighted by molar-refractivity contribution is 0.122. The first-order chi connectivity index (χ1) is 12.3. The van der Waals surface area contributed by atoms with Gasteiger partial charge in [0.1, 0.15) is 11.6 Å². The molecule has 3 heterocycles. The van der Waals surface area contributed by atoms with Crippen LogP contribution < -0.4 is 9.64 Å². The van der Waals surface area contributed by atoms with E-state index in [1.54, 1.807) is 13.3 Å². The van der Waals surface area contributed by atoms with Gasteiger partial charge in [-0.15, -0.1) is 0 Å². The molecule has 0 spiro atoms. The maximum absolute atomic E-state index is 5.44. The van der Waals surface area contributed by atoms with E-state index in [1.807, 2.05) is 36.4 Å². The van der Waals surface area contributed by atoms with Gasteiger partial charge < -0.3 is 18.9 Å². The molecule has 7 heteroatoms. The molecule has 0 bridgehead atoms. The summed E-state index contributed by atoms with van der Waals surface area (Å²) in [5.41, 5.74) is 1.63. The molecular weight excluding hydrogens is 320 g/mol. The van der Waals surface area contributed by atoms with Gasteiger partial charge >= 0.3 is 0 Å². The lowest BCUT2D eigenvalue weighted by Crippen LogP contribution is -2.36. The van der Waals surface area contributed by atoms with E-state index in [1.165, 1.54) is 0 Å². The standard InChI is InChI=1S/C18H18N4O3/c1-23-15-5-3-2-4-14(15)18-20-17(21-25-18)13-6-7-19-16(12-13)22-8-10-24-11-9-22/h2-7,12H,8-11H2,1H3. The number of methoxy groups -OCH3 is 1. The number of nitrogens with zero attached hydrogens (tertiary/aromatic N) is 4. The molecule has 0 radical (unpaired) electrons. The highest BCUT2D eigenvalue weighted by Crippen LogP contribution is 2.30. The minimum atomic E-state index is 0.428. The van der Waals surface area contributed by atoms with Gasteiger partial charge in [-0.1, -0.05) is 17.3 Å². The third-order valence-electron chi connectivity index (χ3n) is 4.10. The second kappa shape index (κ2) is 6.90. The Hall–Kier alpha value is -2.93. The van der Waals surface area contributed by atoms with E-state index < -0.39 is 0 Å². The number of ether oxygens (including phenoxy) is 2. The summed E-state index contributed by atoms with van der Waals surface area (Å²) in [7, 11) is 1.62. The summed E-state index contributed by atoms with van der Waals surface area (Å²) in [6, 6.07) is 11.4. The van der Waals surface area contributed by atoms with Crippen LogP contribution in [0.25, 0.3) is 22.8 Å². The van der Waals surface area contributed by atoms with Crippen LogP contribution in [0.3, 0.4) is 0 Å². The van der Waals surface area contributed by atoms with Crippen molar-refractivity contribution in [2.45, 2.75) is 0 Å². The van der Waals surface area contributed by atoms with Crippen molar-refractivity contribution < 1.29 is 14.0 Å². The molecule has 1 aliphatic heterocycles. The van der Waals surface area contributed by atoms with E-state index >= 15 is 0 Å². The molecule has 1 aliphatic rings. The van der Waals surface area contributed by atoms with E-state index in [2.05, 4.69) is 20.0 Å². The number of aromatic nitrogens is 3. The van der Waals surface area contributed by atoms with Crippen LogP contribution >= 0.6 is 0 Å². The van der Waals surface area contributed by atoms with Crippen molar-refractivity contribution in [2.24, 2.45) is 0 Å². The molecule has 0 atom stereocenters. The SMILES string of the molecule is COc1ccccc1-c1nc(-c2ccnc(N3CCOCC3)c2)no1. The van der Waals surface area contributed by atoms with Gasteiger partial charge in [0.05, 0.1) is 25.9 Å². The molecule has 0 aliphatic carbocycles. The molecule has 7 nitrogen and oxygen atoms in total. The van der Waals surface area contributed by atoms with Gasteiger partial charge in [-0.25, -0.2) is 4.98 Å². The van der Waals surface area contributed by atoms with Gasteiger partial charge in [-0.3, -0.25) is 0 Å². The number of hydrogen-bond donors (Lipinski definition) is 0. The molecule has 0 N–H and O–H groups in total. The maximum atomic E-state index is 5.44. The summed E-state index contributed by atoms with van der Waals surface area (Å²) in [6.07, 6.45) is 1.76. The zero-order valence-corrected chi connectivity index (χ0v) is 13.9. The van der Waals surface area contributed by atoms with E-state index in [0.29, 0.717) is 30.7 Å². The molecule has 0 amide bonds. The topological polar surface area (TPSA) is 73.5 Å². The minimum absolute atomic E-state index is 0.428. The van der Waals surface area contributed by atoms with Gasteiger partial charge in [-0.2, -0.15) is 4.98 Å². The molecule has 1 fully saturated rings. The monoisotopic (exact) mass is 338 g/mol. The first-order valence-electron chi connectivity index (χ1n) is 8.11. The number of pyridine rings is 1. The van der Waals surface area contributed by atoms with Crippen molar-refractivity contribution in [1.82, 2.24) is 15.1 Å². The maximum Gasteiger partial charge on any atom is 0.262 e. The molecule has 3 aromatic rings. The molecule has 128 valence electrons. The summed E-state index contributed by atoms with van der Waals surface area (Å²) in [6.45, 7) is 3.09. The predicted octanol–water partition coefficient (Wildman–Crippen LogP) is 2.64. The van der Waals surface area contributed by atoms with Crippen LogP contribution in [0, 0.1) is 0 Å². The minimum Gasteiger partial charge on any atom is -0.496 e. The van der Waals surface area contributed by atoms with Crippen molar-refractivity contribution in [1.29, 1.82) is 0 Å². The fraction of sp³-hybridized carbons (Fsp3) is 0.278. The van der Waals surface area contributed by atoms with Crippen molar-refractivity contribution in [3.63, 3.8) is 0 Å². The smallest absolute Gasteiger partial charge is 0.262 e.